The topological polar surface area (TPSA) is 123 Å². The van der Waals surface area contributed by atoms with E-state index < -0.39 is 23.8 Å². The molecule has 0 aliphatic carbocycles. The zero-order valence-electron chi connectivity index (χ0n) is 25.0. The molecule has 1 heterocycles. The predicted molar refractivity (Wildman–Crippen MR) is 174 cm³/mol. The van der Waals surface area contributed by atoms with Crippen molar-refractivity contribution in [1.82, 2.24) is 5.32 Å². The maximum absolute atomic E-state index is 13.5. The number of nitrogens with zero attached hydrogens (tertiary/aromatic N) is 1. The molecule has 46 heavy (non-hydrogen) atoms. The molecular weight excluding hydrogens is 610 g/mol. The average Bonchev–Trinajstić information content (AvgIpc) is 3.04. The summed E-state index contributed by atoms with van der Waals surface area (Å²) in [7, 11) is 0. The Morgan fingerprint density at radius 3 is 2.35 bits per heavy atom. The monoisotopic (exact) mass is 639 g/mol. The van der Waals surface area contributed by atoms with Crippen LogP contribution in [0.15, 0.2) is 96.6 Å². The predicted octanol–water partition coefficient (Wildman–Crippen LogP) is 6.31. The molecule has 1 saturated heterocycles. The fourth-order valence-electron chi connectivity index (χ4n) is 4.60. The van der Waals surface area contributed by atoms with Crippen LogP contribution in [0, 0.1) is 6.92 Å². The highest BCUT2D eigenvalue weighted by Crippen LogP contribution is 2.38. The van der Waals surface area contributed by atoms with Crippen LogP contribution in [-0.2, 0) is 21.0 Å². The van der Waals surface area contributed by atoms with Gasteiger partial charge in [-0.3, -0.25) is 19.7 Å². The van der Waals surface area contributed by atoms with Crippen LogP contribution < -0.4 is 29.7 Å². The highest BCUT2D eigenvalue weighted by atomic mass is 35.5. The van der Waals surface area contributed by atoms with Crippen LogP contribution in [0.4, 0.5) is 16.2 Å². The molecule has 0 unspecified atom stereocenters. The van der Waals surface area contributed by atoms with Crippen LogP contribution in [0.25, 0.3) is 6.08 Å². The highest BCUT2D eigenvalue weighted by Gasteiger charge is 2.37. The van der Waals surface area contributed by atoms with Crippen molar-refractivity contribution in [3.05, 3.63) is 118 Å². The lowest BCUT2D eigenvalue weighted by molar-refractivity contribution is -0.122. The molecule has 4 aromatic carbocycles. The second kappa shape index (κ2) is 14.4. The minimum Gasteiger partial charge on any atom is -0.490 e. The maximum Gasteiger partial charge on any atom is 0.335 e. The van der Waals surface area contributed by atoms with Gasteiger partial charge in [-0.2, -0.15) is 0 Å². The Balaban J connectivity index is 1.32. The minimum atomic E-state index is -0.883. The van der Waals surface area contributed by atoms with Gasteiger partial charge in [0.25, 0.3) is 17.7 Å². The van der Waals surface area contributed by atoms with Crippen molar-refractivity contribution in [2.75, 3.05) is 23.4 Å². The summed E-state index contributed by atoms with van der Waals surface area (Å²) in [5.74, 6) is -1.23. The SMILES string of the molecule is CCOc1cc(/C=C2/C(=O)NC(=O)N(c3ccc(OCc4ccccc4)cc3)C2=O)cc(Cl)c1OCC(=O)Nc1ccccc1C. The second-order valence-corrected chi connectivity index (χ2v) is 10.5. The molecule has 0 saturated carbocycles. The van der Waals surface area contributed by atoms with Gasteiger partial charge in [0.05, 0.1) is 17.3 Å². The zero-order valence-corrected chi connectivity index (χ0v) is 25.8. The molecule has 2 N–H and O–H groups in total. The number of carbonyl (C=O) groups is 4. The number of aryl methyl sites for hydroxylation is 1. The fourth-order valence-corrected chi connectivity index (χ4v) is 4.88. The number of amides is 5. The van der Waals surface area contributed by atoms with Gasteiger partial charge in [0.15, 0.2) is 18.1 Å². The molecule has 11 heteroatoms. The molecule has 10 nitrogen and oxygen atoms in total. The van der Waals surface area contributed by atoms with Gasteiger partial charge in [0.2, 0.25) is 0 Å². The summed E-state index contributed by atoms with van der Waals surface area (Å²) >= 11 is 6.53. The first-order valence-corrected chi connectivity index (χ1v) is 14.7. The van der Waals surface area contributed by atoms with Gasteiger partial charge < -0.3 is 19.5 Å². The smallest absolute Gasteiger partial charge is 0.335 e. The van der Waals surface area contributed by atoms with Crippen molar-refractivity contribution in [1.29, 1.82) is 0 Å². The number of halogens is 1. The summed E-state index contributed by atoms with van der Waals surface area (Å²) in [5.41, 5.74) is 2.82. The number of rotatable bonds is 11. The first-order chi connectivity index (χ1) is 22.2. The number of hydrogen-bond donors (Lipinski definition) is 2. The lowest BCUT2D eigenvalue weighted by atomic mass is 10.1. The molecule has 0 atom stereocenters. The maximum atomic E-state index is 13.5. The quantitative estimate of drug-likeness (QED) is 0.146. The van der Waals surface area contributed by atoms with E-state index in [1.54, 1.807) is 37.3 Å². The van der Waals surface area contributed by atoms with Crippen LogP contribution in [0.3, 0.4) is 0 Å². The van der Waals surface area contributed by atoms with E-state index in [1.807, 2.05) is 55.5 Å². The molecule has 5 rings (SSSR count). The third-order valence-corrected chi connectivity index (χ3v) is 7.14. The van der Waals surface area contributed by atoms with Gasteiger partial charge in [-0.05, 0) is 79.1 Å². The van der Waals surface area contributed by atoms with Gasteiger partial charge in [0, 0.05) is 5.69 Å². The van der Waals surface area contributed by atoms with Gasteiger partial charge in [-0.1, -0.05) is 60.1 Å². The lowest BCUT2D eigenvalue weighted by Crippen LogP contribution is -2.54. The van der Waals surface area contributed by atoms with E-state index in [9.17, 15) is 19.2 Å². The lowest BCUT2D eigenvalue weighted by Gasteiger charge is -2.26. The van der Waals surface area contributed by atoms with Crippen molar-refractivity contribution < 1.29 is 33.4 Å². The van der Waals surface area contributed by atoms with Crippen molar-refractivity contribution >= 4 is 52.8 Å². The average molecular weight is 640 g/mol. The number of para-hydroxylation sites is 1. The largest absolute Gasteiger partial charge is 0.490 e. The third kappa shape index (κ3) is 7.54. The van der Waals surface area contributed by atoms with Gasteiger partial charge in [0.1, 0.15) is 17.9 Å². The molecular formula is C35H30ClN3O7. The van der Waals surface area contributed by atoms with E-state index in [2.05, 4.69) is 10.6 Å². The molecule has 0 aromatic heterocycles. The molecule has 234 valence electrons. The summed E-state index contributed by atoms with van der Waals surface area (Å²) in [5, 5.41) is 5.08. The summed E-state index contributed by atoms with van der Waals surface area (Å²) in [6, 6.07) is 25.4. The van der Waals surface area contributed by atoms with Crippen molar-refractivity contribution in [2.45, 2.75) is 20.5 Å². The minimum absolute atomic E-state index is 0.0872. The first-order valence-electron chi connectivity index (χ1n) is 14.4. The number of barbiturate groups is 1. The number of urea groups is 1. The molecule has 4 aromatic rings. The molecule has 5 amide bonds. The van der Waals surface area contributed by atoms with Gasteiger partial charge in [-0.15, -0.1) is 0 Å². The number of hydrogen-bond acceptors (Lipinski definition) is 7. The van der Waals surface area contributed by atoms with E-state index >= 15 is 0 Å². The van der Waals surface area contributed by atoms with Crippen LogP contribution in [0.2, 0.25) is 5.02 Å². The van der Waals surface area contributed by atoms with E-state index in [1.165, 1.54) is 18.2 Å². The van der Waals surface area contributed by atoms with Crippen molar-refractivity contribution in [3.63, 3.8) is 0 Å². The Morgan fingerprint density at radius 2 is 1.63 bits per heavy atom. The number of ether oxygens (including phenoxy) is 3. The number of carbonyl (C=O) groups excluding carboxylic acids is 4. The molecule has 0 radical (unpaired) electrons. The van der Waals surface area contributed by atoms with E-state index in [0.29, 0.717) is 23.6 Å². The van der Waals surface area contributed by atoms with Crippen LogP contribution >= 0.6 is 11.6 Å². The normalized spacial score (nSPS) is 13.8. The molecule has 0 spiro atoms. The Morgan fingerprint density at radius 1 is 0.913 bits per heavy atom. The summed E-state index contributed by atoms with van der Waals surface area (Å²) in [6.07, 6.45) is 1.30. The Hall–Kier alpha value is -5.61. The standard InChI is InChI=1S/C35H30ClN3O7/c1-3-44-30-19-24(18-28(36)32(30)46-21-31(40)37-29-12-8-7-9-22(29)2)17-27-33(41)38-35(43)39(34(27)42)25-13-15-26(16-14-25)45-20-23-10-5-4-6-11-23/h4-19H,3,20-21H2,1-2H3,(H,37,40)(H,38,41,43)/b27-17-. The molecule has 1 aliphatic rings. The number of imide groups is 2. The highest BCUT2D eigenvalue weighted by molar-refractivity contribution is 6.39. The molecule has 1 aliphatic heterocycles. The summed E-state index contributed by atoms with van der Waals surface area (Å²) in [6.45, 7) is 3.88. The first kappa shape index (κ1) is 31.8. The van der Waals surface area contributed by atoms with Crippen LogP contribution in [-0.4, -0.2) is 37.0 Å². The van der Waals surface area contributed by atoms with Crippen LogP contribution in [0.5, 0.6) is 17.2 Å². The fraction of sp³-hybridized carbons (Fsp3) is 0.143. The van der Waals surface area contributed by atoms with Crippen molar-refractivity contribution in [2.24, 2.45) is 0 Å². The number of anilines is 2. The second-order valence-electron chi connectivity index (χ2n) is 10.1. The molecule has 0 bridgehead atoms. The summed E-state index contributed by atoms with van der Waals surface area (Å²) < 4.78 is 17.2. The Labute approximate surface area is 270 Å². The Kier molecular flexibility index (Phi) is 9.99. The number of benzene rings is 4. The van der Waals surface area contributed by atoms with E-state index in [4.69, 9.17) is 25.8 Å². The van der Waals surface area contributed by atoms with E-state index in [-0.39, 0.29) is 41.0 Å². The van der Waals surface area contributed by atoms with Crippen molar-refractivity contribution in [3.8, 4) is 17.2 Å². The van der Waals surface area contributed by atoms with Gasteiger partial charge in [-0.25, -0.2) is 9.69 Å². The Bertz CT molecular complexity index is 1810. The third-order valence-electron chi connectivity index (χ3n) is 6.85. The zero-order chi connectivity index (χ0) is 32.6. The van der Waals surface area contributed by atoms with E-state index in [0.717, 1.165) is 16.0 Å². The number of nitrogens with one attached hydrogen (secondary N) is 2. The summed E-state index contributed by atoms with van der Waals surface area (Å²) in [4.78, 5) is 52.4. The molecule has 1 fully saturated rings. The van der Waals surface area contributed by atoms with Crippen LogP contribution in [0.1, 0.15) is 23.6 Å². The van der Waals surface area contributed by atoms with Gasteiger partial charge >= 0.3 is 6.03 Å².